The predicted molar refractivity (Wildman–Crippen MR) is 74.7 cm³/mol. The van der Waals surface area contributed by atoms with Crippen molar-refractivity contribution in [1.82, 2.24) is 9.97 Å². The first kappa shape index (κ1) is 11.3. The molecule has 0 amide bonds. The number of hydrogen-bond donors (Lipinski definition) is 3. The normalized spacial score (nSPS) is 20.6. The molecule has 5 heteroatoms. The van der Waals surface area contributed by atoms with Gasteiger partial charge in [0.2, 0.25) is 0 Å². The third-order valence-electron chi connectivity index (χ3n) is 3.66. The van der Waals surface area contributed by atoms with E-state index >= 15 is 0 Å². The van der Waals surface area contributed by atoms with E-state index in [0.717, 1.165) is 48.2 Å². The number of nitrogens with zero attached hydrogens (tertiary/aromatic N) is 2. The Kier molecular flexibility index (Phi) is 2.63. The number of aromatic nitrogens is 2. The van der Waals surface area contributed by atoms with Gasteiger partial charge in [0.25, 0.3) is 0 Å². The minimum Gasteiger partial charge on any atom is -0.397 e. The third kappa shape index (κ3) is 1.71. The number of nitrogens with two attached hydrogens (primary N) is 2. The number of fused-ring (bicyclic) bond motifs is 1. The van der Waals surface area contributed by atoms with Gasteiger partial charge in [-0.25, -0.2) is 4.98 Å². The maximum Gasteiger partial charge on any atom is 0.141 e. The third-order valence-corrected chi connectivity index (χ3v) is 3.66. The number of aromatic amines is 1. The first-order valence-corrected chi connectivity index (χ1v) is 6.39. The lowest BCUT2D eigenvalue weighted by Gasteiger charge is -2.34. The van der Waals surface area contributed by atoms with Crippen molar-refractivity contribution in [2.45, 2.75) is 25.8 Å². The highest BCUT2D eigenvalue weighted by atomic mass is 15.2. The van der Waals surface area contributed by atoms with E-state index in [2.05, 4.69) is 21.8 Å². The van der Waals surface area contributed by atoms with Gasteiger partial charge in [0.05, 0.1) is 16.8 Å². The lowest BCUT2D eigenvalue weighted by molar-refractivity contribution is 0.506. The highest BCUT2D eigenvalue weighted by molar-refractivity contribution is 6.00. The van der Waals surface area contributed by atoms with Crippen molar-refractivity contribution in [3.05, 3.63) is 18.0 Å². The number of H-pyrrole nitrogens is 1. The number of anilines is 2. The van der Waals surface area contributed by atoms with Gasteiger partial charge in [-0.05, 0) is 25.3 Å². The molecule has 0 aromatic carbocycles. The monoisotopic (exact) mass is 245 g/mol. The summed E-state index contributed by atoms with van der Waals surface area (Å²) in [5.74, 6) is 0. The van der Waals surface area contributed by atoms with E-state index in [4.69, 9.17) is 11.5 Å². The minimum absolute atomic E-state index is 0.251. The molecule has 18 heavy (non-hydrogen) atoms. The summed E-state index contributed by atoms with van der Waals surface area (Å²) in [6.45, 7) is 4.01. The van der Waals surface area contributed by atoms with Gasteiger partial charge in [0.15, 0.2) is 0 Å². The standard InChI is InChI=1S/C13H19N5/c1-8-5-16-13-11(10(15)6-17-13)12(8)18-4-2-3-9(14)7-18/h5-6,9H,2-4,7,14-15H2,1H3,(H,16,17)/t9-/m1/s1. The highest BCUT2D eigenvalue weighted by Crippen LogP contribution is 2.34. The van der Waals surface area contributed by atoms with E-state index in [0.29, 0.717) is 0 Å². The van der Waals surface area contributed by atoms with Crippen molar-refractivity contribution >= 4 is 22.4 Å². The van der Waals surface area contributed by atoms with Crippen LogP contribution >= 0.6 is 0 Å². The van der Waals surface area contributed by atoms with Crippen LogP contribution in [0.3, 0.4) is 0 Å². The van der Waals surface area contributed by atoms with Crippen LogP contribution < -0.4 is 16.4 Å². The van der Waals surface area contributed by atoms with Gasteiger partial charge < -0.3 is 21.4 Å². The quantitative estimate of drug-likeness (QED) is 0.708. The molecule has 5 N–H and O–H groups in total. The first-order valence-electron chi connectivity index (χ1n) is 6.39. The van der Waals surface area contributed by atoms with Crippen LogP contribution in [0, 0.1) is 6.92 Å². The van der Waals surface area contributed by atoms with Crippen molar-refractivity contribution in [3.8, 4) is 0 Å². The summed E-state index contributed by atoms with van der Waals surface area (Å²) in [5.41, 5.74) is 16.1. The first-order chi connectivity index (χ1) is 8.66. The molecule has 1 aliphatic rings. The topological polar surface area (TPSA) is 84.0 Å². The number of hydrogen-bond acceptors (Lipinski definition) is 4. The Morgan fingerprint density at radius 2 is 2.33 bits per heavy atom. The molecule has 2 aromatic heterocycles. The van der Waals surface area contributed by atoms with E-state index < -0.39 is 0 Å². The molecular weight excluding hydrogens is 226 g/mol. The molecule has 1 fully saturated rings. The molecule has 96 valence electrons. The molecular formula is C13H19N5. The maximum atomic E-state index is 6.07. The molecule has 0 radical (unpaired) electrons. The molecule has 0 bridgehead atoms. The number of nitrogens with one attached hydrogen (secondary N) is 1. The van der Waals surface area contributed by atoms with Crippen LogP contribution in [0.1, 0.15) is 18.4 Å². The van der Waals surface area contributed by atoms with Crippen LogP contribution in [0.4, 0.5) is 11.4 Å². The van der Waals surface area contributed by atoms with Crippen LogP contribution in [0.15, 0.2) is 12.4 Å². The number of piperidine rings is 1. The molecule has 1 saturated heterocycles. The van der Waals surface area contributed by atoms with E-state index in [9.17, 15) is 0 Å². The van der Waals surface area contributed by atoms with Gasteiger partial charge in [-0.1, -0.05) is 0 Å². The molecule has 0 aliphatic carbocycles. The van der Waals surface area contributed by atoms with Crippen LogP contribution in [0.25, 0.3) is 11.0 Å². The van der Waals surface area contributed by atoms with Crippen LogP contribution in [0.2, 0.25) is 0 Å². The van der Waals surface area contributed by atoms with E-state index in [-0.39, 0.29) is 6.04 Å². The highest BCUT2D eigenvalue weighted by Gasteiger charge is 2.22. The number of aryl methyl sites for hydroxylation is 1. The fourth-order valence-electron chi connectivity index (χ4n) is 2.82. The molecule has 3 rings (SSSR count). The Hall–Kier alpha value is -1.75. The van der Waals surface area contributed by atoms with Crippen molar-refractivity contribution in [2.24, 2.45) is 5.73 Å². The molecule has 0 saturated carbocycles. The summed E-state index contributed by atoms with van der Waals surface area (Å²) in [6, 6.07) is 0.251. The summed E-state index contributed by atoms with van der Waals surface area (Å²) in [5, 5.41) is 1.03. The number of nitrogen functional groups attached to an aromatic ring is 1. The molecule has 0 unspecified atom stereocenters. The van der Waals surface area contributed by atoms with E-state index in [1.165, 1.54) is 5.69 Å². The van der Waals surface area contributed by atoms with Crippen molar-refractivity contribution in [3.63, 3.8) is 0 Å². The second-order valence-corrected chi connectivity index (χ2v) is 5.11. The van der Waals surface area contributed by atoms with Crippen molar-refractivity contribution in [2.75, 3.05) is 23.7 Å². The molecule has 0 spiro atoms. The average Bonchev–Trinajstić information content (AvgIpc) is 2.71. The van der Waals surface area contributed by atoms with E-state index in [1.54, 1.807) is 0 Å². The second-order valence-electron chi connectivity index (χ2n) is 5.11. The summed E-state index contributed by atoms with van der Waals surface area (Å²) in [4.78, 5) is 9.84. The van der Waals surface area contributed by atoms with Crippen molar-refractivity contribution < 1.29 is 0 Å². The zero-order valence-corrected chi connectivity index (χ0v) is 10.6. The minimum atomic E-state index is 0.251. The van der Waals surface area contributed by atoms with Crippen molar-refractivity contribution in [1.29, 1.82) is 0 Å². The lowest BCUT2D eigenvalue weighted by Crippen LogP contribution is -2.43. The fraction of sp³-hybridized carbons (Fsp3) is 0.462. The lowest BCUT2D eigenvalue weighted by atomic mass is 10.0. The molecule has 3 heterocycles. The number of rotatable bonds is 1. The zero-order chi connectivity index (χ0) is 12.7. The summed E-state index contributed by atoms with van der Waals surface area (Å²) in [6.07, 6.45) is 5.94. The largest absolute Gasteiger partial charge is 0.397 e. The molecule has 1 atom stereocenters. The molecule has 5 nitrogen and oxygen atoms in total. The van der Waals surface area contributed by atoms with Crippen LogP contribution in [0.5, 0.6) is 0 Å². The summed E-state index contributed by atoms with van der Waals surface area (Å²) in [7, 11) is 0. The second kappa shape index (κ2) is 4.17. The Balaban J connectivity index is 2.14. The number of pyridine rings is 1. The predicted octanol–water partition coefficient (Wildman–Crippen LogP) is 1.38. The maximum absolute atomic E-state index is 6.07. The van der Waals surface area contributed by atoms with E-state index in [1.807, 2.05) is 12.4 Å². The van der Waals surface area contributed by atoms with Gasteiger partial charge >= 0.3 is 0 Å². The zero-order valence-electron chi connectivity index (χ0n) is 10.6. The van der Waals surface area contributed by atoms with Gasteiger partial charge in [-0.15, -0.1) is 0 Å². The van der Waals surface area contributed by atoms with Gasteiger partial charge in [0.1, 0.15) is 5.65 Å². The van der Waals surface area contributed by atoms with Gasteiger partial charge in [-0.3, -0.25) is 0 Å². The van der Waals surface area contributed by atoms with Crippen LogP contribution in [-0.2, 0) is 0 Å². The Morgan fingerprint density at radius 3 is 3.11 bits per heavy atom. The summed E-state index contributed by atoms with van der Waals surface area (Å²) >= 11 is 0. The molecule has 2 aromatic rings. The smallest absolute Gasteiger partial charge is 0.141 e. The Labute approximate surface area is 106 Å². The fourth-order valence-corrected chi connectivity index (χ4v) is 2.82. The SMILES string of the molecule is Cc1cnc2[nH]cc(N)c2c1N1CCC[C@@H](N)C1. The van der Waals surface area contributed by atoms with Crippen LogP contribution in [-0.4, -0.2) is 29.1 Å². The Morgan fingerprint density at radius 1 is 1.50 bits per heavy atom. The van der Waals surface area contributed by atoms with Gasteiger partial charge in [-0.2, -0.15) is 0 Å². The van der Waals surface area contributed by atoms with Gasteiger partial charge in [0, 0.05) is 31.5 Å². The molecule has 1 aliphatic heterocycles. The summed E-state index contributed by atoms with van der Waals surface area (Å²) < 4.78 is 0. The average molecular weight is 245 g/mol. The Bertz CT molecular complexity index is 574.